The Kier molecular flexibility index (Phi) is 4.89. The van der Waals surface area contributed by atoms with Crippen LogP contribution in [-0.4, -0.2) is 41.7 Å². The molecule has 4 nitrogen and oxygen atoms in total. The second-order valence-corrected chi connectivity index (χ2v) is 6.06. The molecule has 1 aromatic rings. The van der Waals surface area contributed by atoms with Gasteiger partial charge in [0.2, 0.25) is 0 Å². The first-order valence-electron chi connectivity index (χ1n) is 6.98. The molecule has 2 rings (SSSR count). The van der Waals surface area contributed by atoms with E-state index in [0.29, 0.717) is 22.7 Å². The Bertz CT molecular complexity index is 491. The SMILES string of the molecule is CC(C)N1CCC(CNc2cc(Cl)ccc2C(=O)O)C1. The quantitative estimate of drug-likeness (QED) is 0.876. The molecule has 1 aliphatic rings. The largest absolute Gasteiger partial charge is 0.478 e. The summed E-state index contributed by atoms with van der Waals surface area (Å²) in [4.78, 5) is 13.6. The van der Waals surface area contributed by atoms with Crippen molar-refractivity contribution >= 4 is 23.3 Å². The van der Waals surface area contributed by atoms with E-state index in [2.05, 4.69) is 24.1 Å². The molecular weight excluding hydrogens is 276 g/mol. The first kappa shape index (κ1) is 15.1. The number of benzene rings is 1. The molecule has 1 saturated heterocycles. The fourth-order valence-corrected chi connectivity index (χ4v) is 2.77. The van der Waals surface area contributed by atoms with Gasteiger partial charge >= 0.3 is 5.97 Å². The Labute approximate surface area is 124 Å². The van der Waals surface area contributed by atoms with Crippen LogP contribution < -0.4 is 5.32 Å². The monoisotopic (exact) mass is 296 g/mol. The lowest BCUT2D eigenvalue weighted by Gasteiger charge is -2.20. The Morgan fingerprint density at radius 1 is 1.55 bits per heavy atom. The van der Waals surface area contributed by atoms with Gasteiger partial charge in [-0.05, 0) is 50.9 Å². The summed E-state index contributed by atoms with van der Waals surface area (Å²) in [7, 11) is 0. The van der Waals surface area contributed by atoms with Crippen molar-refractivity contribution in [2.24, 2.45) is 5.92 Å². The van der Waals surface area contributed by atoms with Crippen LogP contribution in [0.1, 0.15) is 30.6 Å². The summed E-state index contributed by atoms with van der Waals surface area (Å²) in [5.41, 5.74) is 0.876. The summed E-state index contributed by atoms with van der Waals surface area (Å²) < 4.78 is 0. The smallest absolute Gasteiger partial charge is 0.337 e. The number of nitrogens with one attached hydrogen (secondary N) is 1. The number of halogens is 1. The van der Waals surface area contributed by atoms with Gasteiger partial charge in [-0.15, -0.1) is 0 Å². The highest BCUT2D eigenvalue weighted by Gasteiger charge is 2.24. The van der Waals surface area contributed by atoms with Crippen LogP contribution in [0.5, 0.6) is 0 Å². The van der Waals surface area contributed by atoms with Gasteiger partial charge in [0.05, 0.1) is 11.3 Å². The molecule has 0 aliphatic carbocycles. The highest BCUT2D eigenvalue weighted by molar-refractivity contribution is 6.31. The van der Waals surface area contributed by atoms with Crippen LogP contribution in [0.4, 0.5) is 5.69 Å². The van der Waals surface area contributed by atoms with E-state index in [1.165, 1.54) is 0 Å². The minimum absolute atomic E-state index is 0.271. The molecule has 20 heavy (non-hydrogen) atoms. The van der Waals surface area contributed by atoms with Crippen LogP contribution in [0.3, 0.4) is 0 Å². The predicted octanol–water partition coefficient (Wildman–Crippen LogP) is 3.18. The van der Waals surface area contributed by atoms with Crippen molar-refractivity contribution in [3.8, 4) is 0 Å². The maximum Gasteiger partial charge on any atom is 0.337 e. The van der Waals surface area contributed by atoms with Crippen LogP contribution in [-0.2, 0) is 0 Å². The number of likely N-dealkylation sites (tertiary alicyclic amines) is 1. The molecule has 1 aliphatic heterocycles. The lowest BCUT2D eigenvalue weighted by atomic mass is 10.1. The molecule has 0 saturated carbocycles. The summed E-state index contributed by atoms with van der Waals surface area (Å²) in [5, 5.41) is 13.0. The van der Waals surface area contributed by atoms with Crippen molar-refractivity contribution < 1.29 is 9.90 Å². The Morgan fingerprint density at radius 3 is 2.90 bits per heavy atom. The normalized spacial score (nSPS) is 19.5. The third-order valence-corrected chi connectivity index (χ3v) is 4.08. The maximum absolute atomic E-state index is 11.2. The first-order chi connectivity index (χ1) is 9.47. The van der Waals surface area contributed by atoms with E-state index in [4.69, 9.17) is 11.6 Å². The summed E-state index contributed by atoms with van der Waals surface area (Å²) in [6.45, 7) is 7.37. The number of nitrogens with zero attached hydrogens (tertiary/aromatic N) is 1. The Hall–Kier alpha value is -1.26. The molecule has 1 aromatic carbocycles. The summed E-state index contributed by atoms with van der Waals surface area (Å²) in [6, 6.07) is 5.40. The van der Waals surface area contributed by atoms with Gasteiger partial charge in [0.1, 0.15) is 0 Å². The number of carboxylic acid groups (broad SMARTS) is 1. The summed E-state index contributed by atoms with van der Waals surface area (Å²) in [5.74, 6) is -0.377. The van der Waals surface area contributed by atoms with Crippen LogP contribution in [0.2, 0.25) is 5.02 Å². The maximum atomic E-state index is 11.2. The number of anilines is 1. The number of hydrogen-bond acceptors (Lipinski definition) is 3. The highest BCUT2D eigenvalue weighted by Crippen LogP contribution is 2.23. The number of aromatic carboxylic acids is 1. The zero-order chi connectivity index (χ0) is 14.7. The van der Waals surface area contributed by atoms with E-state index in [1.54, 1.807) is 18.2 Å². The number of carbonyl (C=O) groups is 1. The number of rotatable bonds is 5. The van der Waals surface area contributed by atoms with E-state index in [-0.39, 0.29) is 5.56 Å². The number of carboxylic acids is 1. The molecule has 1 fully saturated rings. The molecular formula is C15H21ClN2O2. The van der Waals surface area contributed by atoms with Crippen molar-refractivity contribution in [3.05, 3.63) is 28.8 Å². The van der Waals surface area contributed by atoms with Gasteiger partial charge in [-0.3, -0.25) is 0 Å². The molecule has 2 N–H and O–H groups in total. The van der Waals surface area contributed by atoms with Crippen LogP contribution in [0, 0.1) is 5.92 Å². The van der Waals surface area contributed by atoms with E-state index in [1.807, 2.05) is 0 Å². The molecule has 1 heterocycles. The van der Waals surface area contributed by atoms with E-state index in [9.17, 15) is 9.90 Å². The molecule has 0 aromatic heterocycles. The van der Waals surface area contributed by atoms with Crippen LogP contribution in [0.25, 0.3) is 0 Å². The third kappa shape index (κ3) is 3.64. The molecule has 5 heteroatoms. The topological polar surface area (TPSA) is 52.6 Å². The second-order valence-electron chi connectivity index (χ2n) is 5.62. The lowest BCUT2D eigenvalue weighted by molar-refractivity contribution is 0.0698. The number of hydrogen-bond donors (Lipinski definition) is 2. The van der Waals surface area contributed by atoms with Crippen molar-refractivity contribution in [2.45, 2.75) is 26.3 Å². The van der Waals surface area contributed by atoms with Crippen LogP contribution in [0.15, 0.2) is 18.2 Å². The molecule has 0 radical (unpaired) electrons. The lowest BCUT2D eigenvalue weighted by Crippen LogP contribution is -2.29. The molecule has 0 bridgehead atoms. The minimum Gasteiger partial charge on any atom is -0.478 e. The molecule has 1 atom stereocenters. The Balaban J connectivity index is 1.98. The summed E-state index contributed by atoms with van der Waals surface area (Å²) in [6.07, 6.45) is 1.15. The van der Waals surface area contributed by atoms with Crippen molar-refractivity contribution in [2.75, 3.05) is 25.0 Å². The fourth-order valence-electron chi connectivity index (χ4n) is 2.60. The van der Waals surface area contributed by atoms with Gasteiger partial charge in [-0.2, -0.15) is 0 Å². The zero-order valence-corrected chi connectivity index (χ0v) is 12.7. The average molecular weight is 297 g/mol. The summed E-state index contributed by atoms with van der Waals surface area (Å²) >= 11 is 5.94. The molecule has 110 valence electrons. The van der Waals surface area contributed by atoms with Crippen molar-refractivity contribution in [3.63, 3.8) is 0 Å². The first-order valence-corrected chi connectivity index (χ1v) is 7.36. The highest BCUT2D eigenvalue weighted by atomic mass is 35.5. The van der Waals surface area contributed by atoms with Gasteiger partial charge in [0, 0.05) is 24.2 Å². The van der Waals surface area contributed by atoms with Gasteiger partial charge < -0.3 is 15.3 Å². The molecule has 1 unspecified atom stereocenters. The average Bonchev–Trinajstić information content (AvgIpc) is 2.85. The van der Waals surface area contributed by atoms with E-state index < -0.39 is 5.97 Å². The molecule has 0 amide bonds. The van der Waals surface area contributed by atoms with Crippen molar-refractivity contribution in [1.82, 2.24) is 4.90 Å². The van der Waals surface area contributed by atoms with E-state index in [0.717, 1.165) is 26.1 Å². The fraction of sp³-hybridized carbons (Fsp3) is 0.533. The minimum atomic E-state index is -0.931. The van der Waals surface area contributed by atoms with E-state index >= 15 is 0 Å². The van der Waals surface area contributed by atoms with Gasteiger partial charge in [0.15, 0.2) is 0 Å². The zero-order valence-electron chi connectivity index (χ0n) is 11.9. The third-order valence-electron chi connectivity index (χ3n) is 3.84. The standard InChI is InChI=1S/C15H21ClN2O2/c1-10(2)18-6-5-11(9-18)8-17-14-7-12(16)3-4-13(14)15(19)20/h3-4,7,10-11,17H,5-6,8-9H2,1-2H3,(H,19,20). The van der Waals surface area contributed by atoms with Gasteiger partial charge in [0.25, 0.3) is 0 Å². The Morgan fingerprint density at radius 2 is 2.30 bits per heavy atom. The second kappa shape index (κ2) is 6.46. The van der Waals surface area contributed by atoms with Crippen LogP contribution >= 0.6 is 11.6 Å². The van der Waals surface area contributed by atoms with Gasteiger partial charge in [-0.25, -0.2) is 4.79 Å². The van der Waals surface area contributed by atoms with Crippen molar-refractivity contribution in [1.29, 1.82) is 0 Å². The molecule has 0 spiro atoms. The van der Waals surface area contributed by atoms with Gasteiger partial charge in [-0.1, -0.05) is 11.6 Å². The predicted molar refractivity (Wildman–Crippen MR) is 81.7 cm³/mol.